The van der Waals surface area contributed by atoms with E-state index in [1.54, 1.807) is 6.92 Å². The van der Waals surface area contributed by atoms with Crippen LogP contribution >= 0.6 is 11.6 Å². The molecule has 0 aliphatic carbocycles. The van der Waals surface area contributed by atoms with Gasteiger partial charge in [0.15, 0.2) is 0 Å². The first-order valence-electron chi connectivity index (χ1n) is 5.90. The van der Waals surface area contributed by atoms with Gasteiger partial charge in [-0.25, -0.2) is 4.79 Å². The third kappa shape index (κ3) is 4.53. The van der Waals surface area contributed by atoms with Crippen LogP contribution in [-0.2, 0) is 16.0 Å². The number of benzene rings is 1. The summed E-state index contributed by atoms with van der Waals surface area (Å²) in [4.78, 5) is 11.0. The Morgan fingerprint density at radius 1 is 1.39 bits per heavy atom. The van der Waals surface area contributed by atoms with Crippen molar-refractivity contribution in [3.63, 3.8) is 0 Å². The molecule has 1 aromatic carbocycles. The Balaban J connectivity index is 2.80. The largest absolute Gasteiger partial charge is 0.457 e. The van der Waals surface area contributed by atoms with Gasteiger partial charge in [-0.1, -0.05) is 36.9 Å². The number of halogens is 1. The zero-order valence-corrected chi connectivity index (χ0v) is 11.8. The van der Waals surface area contributed by atoms with Gasteiger partial charge in [0.25, 0.3) is 0 Å². The Hall–Kier alpha value is -1.28. The normalized spacial score (nSPS) is 12.9. The summed E-state index contributed by atoms with van der Waals surface area (Å²) in [7, 11) is 0. The highest BCUT2D eigenvalue weighted by molar-refractivity contribution is 6.24. The van der Waals surface area contributed by atoms with Crippen molar-refractivity contribution in [2.24, 2.45) is 0 Å². The molecule has 1 atom stereocenters. The molecule has 0 spiro atoms. The fourth-order valence-electron chi connectivity index (χ4n) is 1.48. The summed E-state index contributed by atoms with van der Waals surface area (Å²) in [6.07, 6.45) is 0.210. The predicted molar refractivity (Wildman–Crippen MR) is 74.8 cm³/mol. The van der Waals surface area contributed by atoms with Crippen LogP contribution in [0.25, 0.3) is 0 Å². The number of hydrogen-bond donors (Lipinski definition) is 0. The Morgan fingerprint density at radius 2 is 1.94 bits per heavy atom. The van der Waals surface area contributed by atoms with E-state index in [0.717, 1.165) is 5.56 Å². The van der Waals surface area contributed by atoms with Gasteiger partial charge in [-0.3, -0.25) is 0 Å². The van der Waals surface area contributed by atoms with Crippen LogP contribution in [0.4, 0.5) is 0 Å². The van der Waals surface area contributed by atoms with E-state index in [4.69, 9.17) is 16.3 Å². The highest BCUT2D eigenvalue weighted by Gasteiger charge is 2.30. The fraction of sp³-hybridized carbons (Fsp3) is 0.400. The lowest BCUT2D eigenvalue weighted by Gasteiger charge is -2.28. The Bertz CT molecular complexity index is 418. The van der Waals surface area contributed by atoms with E-state index >= 15 is 0 Å². The molecule has 0 amide bonds. The van der Waals surface area contributed by atoms with Crippen molar-refractivity contribution in [3.8, 4) is 0 Å². The van der Waals surface area contributed by atoms with Crippen LogP contribution in [0.2, 0.25) is 0 Å². The molecule has 0 N–H and O–H groups in total. The average molecular weight is 267 g/mol. The van der Waals surface area contributed by atoms with Crippen molar-refractivity contribution in [2.45, 2.75) is 38.2 Å². The maximum absolute atomic E-state index is 11.6. The van der Waals surface area contributed by atoms with E-state index in [2.05, 4.69) is 6.58 Å². The van der Waals surface area contributed by atoms with Gasteiger partial charge in [-0.05, 0) is 26.3 Å². The van der Waals surface area contributed by atoms with E-state index in [1.165, 1.54) is 0 Å². The molecule has 0 radical (unpaired) electrons. The van der Waals surface area contributed by atoms with Crippen LogP contribution in [0.15, 0.2) is 42.5 Å². The zero-order valence-electron chi connectivity index (χ0n) is 11.1. The number of carbonyl (C=O) groups excluding carboxylic acids is 1. The summed E-state index contributed by atoms with van der Waals surface area (Å²) in [5.74, 6) is -0.398. The number of carbonyl (C=O) groups is 1. The number of ether oxygens (including phenoxy) is 1. The molecule has 0 aliphatic rings. The van der Waals surface area contributed by atoms with Gasteiger partial charge in [0.05, 0.1) is 4.87 Å². The Labute approximate surface area is 114 Å². The molecule has 1 unspecified atom stereocenters. The first-order chi connectivity index (χ1) is 8.30. The maximum Gasteiger partial charge on any atom is 0.333 e. The molecule has 0 aliphatic heterocycles. The van der Waals surface area contributed by atoms with E-state index in [0.29, 0.717) is 12.0 Å². The van der Waals surface area contributed by atoms with Gasteiger partial charge in [0, 0.05) is 12.0 Å². The Kier molecular flexibility index (Phi) is 4.97. The molecule has 0 fully saturated rings. The summed E-state index contributed by atoms with van der Waals surface area (Å²) in [5, 5.41) is 0. The van der Waals surface area contributed by atoms with Crippen molar-refractivity contribution in [1.29, 1.82) is 0 Å². The molecule has 0 saturated carbocycles. The van der Waals surface area contributed by atoms with E-state index < -0.39 is 10.8 Å². The molecular formula is C15H19ClO2. The summed E-state index contributed by atoms with van der Waals surface area (Å²) in [5.41, 5.74) is 1.47. The van der Waals surface area contributed by atoms with Gasteiger partial charge in [-0.15, -0.1) is 11.6 Å². The van der Waals surface area contributed by atoms with E-state index in [1.807, 2.05) is 44.2 Å². The van der Waals surface area contributed by atoms with Crippen LogP contribution in [0.1, 0.15) is 26.3 Å². The lowest BCUT2D eigenvalue weighted by atomic mass is 9.98. The second-order valence-electron chi connectivity index (χ2n) is 4.93. The topological polar surface area (TPSA) is 26.3 Å². The molecule has 1 rings (SSSR count). The lowest BCUT2D eigenvalue weighted by Crippen LogP contribution is -2.37. The minimum atomic E-state index is -0.624. The summed E-state index contributed by atoms with van der Waals surface area (Å²) in [6.45, 7) is 8.89. The summed E-state index contributed by atoms with van der Waals surface area (Å²) < 4.78 is 5.41. The van der Waals surface area contributed by atoms with Gasteiger partial charge < -0.3 is 4.74 Å². The van der Waals surface area contributed by atoms with E-state index in [-0.39, 0.29) is 6.10 Å². The number of hydrogen-bond acceptors (Lipinski definition) is 2. The van der Waals surface area contributed by atoms with Crippen molar-refractivity contribution < 1.29 is 9.53 Å². The SMILES string of the molecule is C=C(C)C(=O)OC(Cc1ccccc1)C(C)(C)Cl. The minimum Gasteiger partial charge on any atom is -0.457 e. The molecule has 2 nitrogen and oxygen atoms in total. The molecule has 18 heavy (non-hydrogen) atoms. The van der Waals surface area contributed by atoms with Crippen molar-refractivity contribution in [1.82, 2.24) is 0 Å². The van der Waals surface area contributed by atoms with Crippen LogP contribution in [0, 0.1) is 0 Å². The molecule has 3 heteroatoms. The van der Waals surface area contributed by atoms with Gasteiger partial charge in [0.1, 0.15) is 6.10 Å². The maximum atomic E-state index is 11.6. The molecule has 0 saturated heterocycles. The first kappa shape index (κ1) is 14.8. The van der Waals surface area contributed by atoms with Crippen molar-refractivity contribution >= 4 is 17.6 Å². The molecule has 0 aromatic heterocycles. The average Bonchev–Trinajstić information content (AvgIpc) is 2.28. The lowest BCUT2D eigenvalue weighted by molar-refractivity contribution is -0.145. The second-order valence-corrected chi connectivity index (χ2v) is 5.90. The quantitative estimate of drug-likeness (QED) is 0.461. The van der Waals surface area contributed by atoms with E-state index in [9.17, 15) is 4.79 Å². The number of esters is 1. The highest BCUT2D eigenvalue weighted by Crippen LogP contribution is 2.25. The number of rotatable bonds is 5. The highest BCUT2D eigenvalue weighted by atomic mass is 35.5. The fourth-order valence-corrected chi connectivity index (χ4v) is 1.60. The van der Waals surface area contributed by atoms with Crippen LogP contribution in [0.5, 0.6) is 0 Å². The smallest absolute Gasteiger partial charge is 0.333 e. The third-order valence-electron chi connectivity index (χ3n) is 2.63. The monoisotopic (exact) mass is 266 g/mol. The van der Waals surface area contributed by atoms with Crippen LogP contribution in [-0.4, -0.2) is 16.9 Å². The molecule has 98 valence electrons. The number of alkyl halides is 1. The molecule has 0 bridgehead atoms. The standard InChI is InChI=1S/C15H19ClO2/c1-11(2)14(17)18-13(15(3,4)16)10-12-8-6-5-7-9-12/h5-9,13H,1,10H2,2-4H3. The molecule has 1 aromatic rings. The Morgan fingerprint density at radius 3 is 2.39 bits per heavy atom. The zero-order chi connectivity index (χ0) is 13.8. The molecule has 0 heterocycles. The second kappa shape index (κ2) is 6.05. The van der Waals surface area contributed by atoms with Crippen LogP contribution in [0.3, 0.4) is 0 Å². The summed E-state index contributed by atoms with van der Waals surface area (Å²) in [6, 6.07) is 9.83. The van der Waals surface area contributed by atoms with Crippen LogP contribution < -0.4 is 0 Å². The minimum absolute atomic E-state index is 0.383. The first-order valence-corrected chi connectivity index (χ1v) is 6.28. The van der Waals surface area contributed by atoms with Gasteiger partial charge >= 0.3 is 5.97 Å². The van der Waals surface area contributed by atoms with Gasteiger partial charge in [0.2, 0.25) is 0 Å². The van der Waals surface area contributed by atoms with Crippen molar-refractivity contribution in [2.75, 3.05) is 0 Å². The summed E-state index contributed by atoms with van der Waals surface area (Å²) >= 11 is 6.29. The van der Waals surface area contributed by atoms with Crippen molar-refractivity contribution in [3.05, 3.63) is 48.0 Å². The van der Waals surface area contributed by atoms with Gasteiger partial charge in [-0.2, -0.15) is 0 Å². The third-order valence-corrected chi connectivity index (χ3v) is 2.87. The predicted octanol–water partition coefficient (Wildman–Crippen LogP) is 3.73. The molecular weight excluding hydrogens is 248 g/mol.